The molecular formula is C35H31BrIN3O7S. The highest BCUT2D eigenvalue weighted by molar-refractivity contribution is 14.1. The van der Waals surface area contributed by atoms with Gasteiger partial charge in [-0.2, -0.15) is 5.26 Å². The molecule has 4 aromatic rings. The molecule has 0 aliphatic carbocycles. The smallest absolute Gasteiger partial charge is 0.338 e. The van der Waals surface area contributed by atoms with Crippen molar-refractivity contribution in [1.29, 1.82) is 5.26 Å². The zero-order valence-corrected chi connectivity index (χ0v) is 31.3. The van der Waals surface area contributed by atoms with E-state index in [1.54, 1.807) is 57.4 Å². The van der Waals surface area contributed by atoms with Gasteiger partial charge in [-0.1, -0.05) is 45.5 Å². The van der Waals surface area contributed by atoms with Crippen molar-refractivity contribution in [2.75, 3.05) is 27.4 Å². The van der Waals surface area contributed by atoms with Crippen LogP contribution >= 0.6 is 49.9 Å². The van der Waals surface area contributed by atoms with Crippen LogP contribution in [0.1, 0.15) is 49.1 Å². The number of aromatic nitrogens is 1. The molecule has 48 heavy (non-hydrogen) atoms. The molecule has 0 spiro atoms. The Balaban J connectivity index is 1.62. The van der Waals surface area contributed by atoms with Crippen LogP contribution in [0, 0.1) is 14.9 Å². The number of esters is 1. The zero-order valence-electron chi connectivity index (χ0n) is 26.8. The van der Waals surface area contributed by atoms with Crippen LogP contribution < -0.4 is 33.8 Å². The van der Waals surface area contributed by atoms with Gasteiger partial charge in [-0.15, -0.1) is 0 Å². The van der Waals surface area contributed by atoms with Crippen LogP contribution in [0.25, 0.3) is 6.08 Å². The van der Waals surface area contributed by atoms with Crippen LogP contribution in [0.2, 0.25) is 0 Å². The van der Waals surface area contributed by atoms with Crippen LogP contribution in [0.3, 0.4) is 0 Å². The van der Waals surface area contributed by atoms with Crippen molar-refractivity contribution < 1.29 is 28.5 Å². The predicted octanol–water partition coefficient (Wildman–Crippen LogP) is 6.03. The fourth-order valence-corrected chi connectivity index (χ4v) is 7.66. The predicted molar refractivity (Wildman–Crippen MR) is 193 cm³/mol. The molecular weight excluding hydrogens is 813 g/mol. The molecule has 2 heterocycles. The summed E-state index contributed by atoms with van der Waals surface area (Å²) >= 11 is 7.03. The summed E-state index contributed by atoms with van der Waals surface area (Å²) in [6.45, 7) is 6.10. The number of ether oxygens (including phenoxy) is 5. The van der Waals surface area contributed by atoms with Crippen molar-refractivity contribution in [3.63, 3.8) is 0 Å². The van der Waals surface area contributed by atoms with Crippen molar-refractivity contribution in [3.05, 3.63) is 110 Å². The third kappa shape index (κ3) is 7.01. The number of thiazole rings is 1. The maximum absolute atomic E-state index is 14.2. The lowest BCUT2D eigenvalue weighted by Crippen LogP contribution is -2.40. The lowest BCUT2D eigenvalue weighted by Gasteiger charge is -2.26. The number of methoxy groups -OCH3 is 2. The first-order valence-electron chi connectivity index (χ1n) is 14.8. The normalized spacial score (nSPS) is 14.1. The molecule has 3 aromatic carbocycles. The molecule has 0 fully saturated rings. The van der Waals surface area contributed by atoms with E-state index < -0.39 is 12.0 Å². The van der Waals surface area contributed by atoms with E-state index in [2.05, 4.69) is 49.6 Å². The molecule has 10 nitrogen and oxygen atoms in total. The molecule has 1 aliphatic heterocycles. The van der Waals surface area contributed by atoms with E-state index in [0.717, 1.165) is 9.13 Å². The summed E-state index contributed by atoms with van der Waals surface area (Å²) in [6, 6.07) is 15.8. The number of rotatable bonds is 11. The van der Waals surface area contributed by atoms with E-state index in [0.29, 0.717) is 65.8 Å². The molecule has 0 radical (unpaired) electrons. The molecule has 5 rings (SSSR count). The van der Waals surface area contributed by atoms with E-state index in [9.17, 15) is 14.9 Å². The molecule has 0 unspecified atom stereocenters. The Morgan fingerprint density at radius 2 is 1.83 bits per heavy atom. The molecule has 1 aromatic heterocycles. The average Bonchev–Trinajstić information content (AvgIpc) is 3.37. The Morgan fingerprint density at radius 1 is 1.08 bits per heavy atom. The number of carbonyl (C=O) groups is 1. The summed E-state index contributed by atoms with van der Waals surface area (Å²) in [6.07, 6.45) is 1.76. The monoisotopic (exact) mass is 843 g/mol. The molecule has 248 valence electrons. The second-order valence-corrected chi connectivity index (χ2v) is 13.4. The summed E-state index contributed by atoms with van der Waals surface area (Å²) in [5.74, 6) is 1.40. The number of hydrogen-bond acceptors (Lipinski definition) is 10. The Bertz CT molecular complexity index is 2150. The Hall–Kier alpha value is -4.13. The minimum absolute atomic E-state index is 0.158. The molecule has 0 saturated heterocycles. The molecule has 0 N–H and O–H groups in total. The van der Waals surface area contributed by atoms with Gasteiger partial charge in [0.15, 0.2) is 27.8 Å². The Morgan fingerprint density at radius 3 is 2.52 bits per heavy atom. The maximum atomic E-state index is 14.2. The van der Waals surface area contributed by atoms with Gasteiger partial charge in [0.25, 0.3) is 5.56 Å². The number of allylic oxidation sites excluding steroid dienone is 1. The summed E-state index contributed by atoms with van der Waals surface area (Å²) < 4.78 is 31.9. The minimum atomic E-state index is -0.858. The second-order valence-electron chi connectivity index (χ2n) is 10.4. The maximum Gasteiger partial charge on any atom is 0.338 e. The van der Waals surface area contributed by atoms with Gasteiger partial charge >= 0.3 is 5.97 Å². The van der Waals surface area contributed by atoms with Crippen molar-refractivity contribution in [3.8, 4) is 29.1 Å². The minimum Gasteiger partial charge on any atom is -0.493 e. The van der Waals surface area contributed by atoms with Crippen LogP contribution in [-0.2, 0) is 16.1 Å². The summed E-state index contributed by atoms with van der Waals surface area (Å²) in [5, 5.41) is 9.45. The Labute approximate surface area is 303 Å². The number of carbonyl (C=O) groups excluding carboxylic acids is 1. The number of nitriles is 1. The lowest BCUT2D eigenvalue weighted by atomic mass is 9.95. The molecule has 13 heteroatoms. The van der Waals surface area contributed by atoms with Gasteiger partial charge in [-0.25, -0.2) is 9.79 Å². The number of fused-ring (bicyclic) bond motifs is 1. The summed E-state index contributed by atoms with van der Waals surface area (Å²) in [5.41, 5.74) is 2.96. The molecule has 0 amide bonds. The number of halogens is 2. The fourth-order valence-electron chi connectivity index (χ4n) is 5.29. The number of benzene rings is 3. The van der Waals surface area contributed by atoms with E-state index >= 15 is 0 Å². The lowest BCUT2D eigenvalue weighted by molar-refractivity contribution is -0.139. The van der Waals surface area contributed by atoms with Crippen molar-refractivity contribution in [2.24, 2.45) is 4.99 Å². The van der Waals surface area contributed by atoms with Crippen molar-refractivity contribution >= 4 is 61.9 Å². The van der Waals surface area contributed by atoms with Crippen LogP contribution in [0.4, 0.5) is 0 Å². The average molecular weight is 845 g/mol. The largest absolute Gasteiger partial charge is 0.493 e. The third-order valence-corrected chi connectivity index (χ3v) is 9.92. The van der Waals surface area contributed by atoms with Gasteiger partial charge in [0.05, 0.1) is 64.5 Å². The number of nitrogens with zero attached hydrogens (tertiary/aromatic N) is 3. The van der Waals surface area contributed by atoms with Crippen LogP contribution in [-0.4, -0.2) is 38.0 Å². The van der Waals surface area contributed by atoms with E-state index in [-0.39, 0.29) is 24.3 Å². The van der Waals surface area contributed by atoms with Crippen LogP contribution in [0.15, 0.2) is 74.1 Å². The van der Waals surface area contributed by atoms with Crippen molar-refractivity contribution in [2.45, 2.75) is 33.4 Å². The summed E-state index contributed by atoms with van der Waals surface area (Å²) in [7, 11) is 3.08. The Kier molecular flexibility index (Phi) is 11.3. The topological polar surface area (TPSA) is 121 Å². The second kappa shape index (κ2) is 15.4. The highest BCUT2D eigenvalue weighted by Crippen LogP contribution is 2.41. The third-order valence-electron chi connectivity index (χ3n) is 7.45. The zero-order chi connectivity index (χ0) is 34.5. The van der Waals surface area contributed by atoms with Gasteiger partial charge in [-0.05, 0) is 90.9 Å². The highest BCUT2D eigenvalue weighted by atomic mass is 127. The van der Waals surface area contributed by atoms with Gasteiger partial charge in [0.1, 0.15) is 6.61 Å². The first-order chi connectivity index (χ1) is 23.1. The van der Waals surface area contributed by atoms with Gasteiger partial charge in [0.2, 0.25) is 0 Å². The quantitative estimate of drug-likeness (QED) is 0.133. The van der Waals surface area contributed by atoms with Gasteiger partial charge in [0, 0.05) is 10.0 Å². The van der Waals surface area contributed by atoms with E-state index in [1.165, 1.54) is 23.0 Å². The highest BCUT2D eigenvalue weighted by Gasteiger charge is 2.35. The standard InChI is InChI=1S/C35H31BrIN3O7S/c1-6-45-27-16-24(36)23(15-26(27)43-4)31-30(34(42)46-7-2)19(3)39-35-40(31)33(41)29(48-35)14-20-12-25(37)32(28(13-20)44-5)47-18-22-11-9-8-10-21(22)17-38/h8-16,31H,6-7,18H2,1-5H3/b29-14+/t31-/m1/s1. The number of hydrogen-bond donors (Lipinski definition) is 0. The van der Waals surface area contributed by atoms with E-state index in [4.69, 9.17) is 23.7 Å². The van der Waals surface area contributed by atoms with Gasteiger partial charge < -0.3 is 23.7 Å². The SMILES string of the molecule is CCOC(=O)C1=C(C)N=c2s/c(=C/c3cc(I)c(OCc4ccccc4C#N)c(OC)c3)c(=O)n2[C@@H]1c1cc(OC)c(OCC)cc1Br. The van der Waals surface area contributed by atoms with E-state index in [1.807, 2.05) is 25.1 Å². The van der Waals surface area contributed by atoms with Crippen LogP contribution in [0.5, 0.6) is 23.0 Å². The fraction of sp³-hybridized carbons (Fsp3) is 0.257. The molecule has 0 bridgehead atoms. The molecule has 1 aliphatic rings. The first kappa shape index (κ1) is 35.2. The van der Waals surface area contributed by atoms with Crippen molar-refractivity contribution in [1.82, 2.24) is 4.57 Å². The first-order valence-corrected chi connectivity index (χ1v) is 17.5. The van der Waals surface area contributed by atoms with Gasteiger partial charge in [-0.3, -0.25) is 9.36 Å². The summed E-state index contributed by atoms with van der Waals surface area (Å²) in [4.78, 5) is 32.8. The molecule has 1 atom stereocenters. The molecule has 0 saturated carbocycles.